The van der Waals surface area contributed by atoms with E-state index in [1.165, 1.54) is 7.11 Å². The second-order valence-corrected chi connectivity index (χ2v) is 6.95. The van der Waals surface area contributed by atoms with Crippen LogP contribution in [0, 0.1) is 6.92 Å². The molecule has 30 heavy (non-hydrogen) atoms. The summed E-state index contributed by atoms with van der Waals surface area (Å²) < 4.78 is 16.8. The van der Waals surface area contributed by atoms with Crippen LogP contribution in [0.1, 0.15) is 27.0 Å². The van der Waals surface area contributed by atoms with Gasteiger partial charge in [-0.3, -0.25) is 0 Å². The molecule has 0 atom stereocenters. The van der Waals surface area contributed by atoms with E-state index in [2.05, 4.69) is 0 Å². The van der Waals surface area contributed by atoms with Crippen LogP contribution in [0.2, 0.25) is 0 Å². The van der Waals surface area contributed by atoms with Gasteiger partial charge in [0, 0.05) is 6.42 Å². The molecule has 0 unspecified atom stereocenters. The number of hydrogen-bond acceptors (Lipinski definition) is 5. The van der Waals surface area contributed by atoms with Gasteiger partial charge in [-0.1, -0.05) is 54.1 Å². The third kappa shape index (κ3) is 3.82. The molecule has 0 fully saturated rings. The maximum atomic E-state index is 12.9. The van der Waals surface area contributed by atoms with Crippen molar-refractivity contribution in [3.63, 3.8) is 0 Å². The Balaban J connectivity index is 1.90. The highest BCUT2D eigenvalue weighted by molar-refractivity contribution is 5.97. The van der Waals surface area contributed by atoms with Crippen LogP contribution in [0.25, 0.3) is 11.0 Å². The Morgan fingerprint density at radius 3 is 2.47 bits per heavy atom. The van der Waals surface area contributed by atoms with Crippen LogP contribution in [0.5, 0.6) is 11.5 Å². The molecule has 0 aliphatic carbocycles. The number of ether oxygens (including phenoxy) is 2. The molecule has 4 rings (SSSR count). The number of benzene rings is 3. The number of carbonyl (C=O) groups excluding carboxylic acids is 1. The van der Waals surface area contributed by atoms with Gasteiger partial charge in [0.05, 0.1) is 18.2 Å². The van der Waals surface area contributed by atoms with E-state index in [-0.39, 0.29) is 17.7 Å². The average Bonchev–Trinajstić information content (AvgIpc) is 2.76. The minimum Gasteiger partial charge on any atom is -0.496 e. The number of rotatable bonds is 5. The van der Waals surface area contributed by atoms with Crippen molar-refractivity contribution in [3.05, 3.63) is 105 Å². The second kappa shape index (κ2) is 8.25. The Hall–Kier alpha value is -3.86. The van der Waals surface area contributed by atoms with Gasteiger partial charge in [-0.2, -0.15) is 0 Å². The average molecular weight is 400 g/mol. The van der Waals surface area contributed by atoms with Gasteiger partial charge in [0.15, 0.2) is 5.75 Å². The summed E-state index contributed by atoms with van der Waals surface area (Å²) in [5.41, 5.74) is 2.24. The lowest BCUT2D eigenvalue weighted by Crippen LogP contribution is -2.16. The molecule has 0 saturated carbocycles. The lowest BCUT2D eigenvalue weighted by molar-refractivity contribution is 0.0734. The van der Waals surface area contributed by atoms with Crippen LogP contribution < -0.4 is 15.1 Å². The zero-order valence-corrected chi connectivity index (χ0v) is 16.7. The fourth-order valence-corrected chi connectivity index (χ4v) is 3.38. The van der Waals surface area contributed by atoms with Gasteiger partial charge >= 0.3 is 11.6 Å². The molecule has 0 bridgehead atoms. The highest BCUT2D eigenvalue weighted by atomic mass is 16.5. The summed E-state index contributed by atoms with van der Waals surface area (Å²) in [6.45, 7) is 1.90. The molecule has 0 spiro atoms. The summed E-state index contributed by atoms with van der Waals surface area (Å²) in [4.78, 5) is 25.8. The summed E-state index contributed by atoms with van der Waals surface area (Å²) in [7, 11) is 1.52. The summed E-state index contributed by atoms with van der Waals surface area (Å²) in [6, 6.07) is 21.7. The number of aryl methyl sites for hydroxylation is 1. The minimum atomic E-state index is -0.550. The van der Waals surface area contributed by atoms with Crippen LogP contribution in [0.15, 0.2) is 82.0 Å². The van der Waals surface area contributed by atoms with Gasteiger partial charge in [-0.05, 0) is 36.8 Å². The van der Waals surface area contributed by atoms with Crippen molar-refractivity contribution in [3.8, 4) is 11.5 Å². The normalized spacial score (nSPS) is 10.7. The van der Waals surface area contributed by atoms with Crippen LogP contribution in [0.4, 0.5) is 0 Å². The Bertz CT molecular complexity index is 1270. The van der Waals surface area contributed by atoms with E-state index in [4.69, 9.17) is 13.9 Å². The summed E-state index contributed by atoms with van der Waals surface area (Å²) in [6.07, 6.45) is 0.258. The van der Waals surface area contributed by atoms with Crippen molar-refractivity contribution in [1.82, 2.24) is 0 Å². The number of methoxy groups -OCH3 is 1. The Kier molecular flexibility index (Phi) is 5.35. The third-order valence-corrected chi connectivity index (χ3v) is 4.83. The van der Waals surface area contributed by atoms with Gasteiger partial charge in [0.2, 0.25) is 0 Å². The van der Waals surface area contributed by atoms with E-state index in [9.17, 15) is 9.59 Å². The predicted molar refractivity (Wildman–Crippen MR) is 114 cm³/mol. The van der Waals surface area contributed by atoms with Crippen molar-refractivity contribution in [2.24, 2.45) is 0 Å². The molecule has 0 radical (unpaired) electrons. The first kappa shape index (κ1) is 19.5. The van der Waals surface area contributed by atoms with E-state index in [0.717, 1.165) is 11.1 Å². The van der Waals surface area contributed by atoms with Crippen molar-refractivity contribution in [1.29, 1.82) is 0 Å². The lowest BCUT2D eigenvalue weighted by Gasteiger charge is -2.14. The SMILES string of the molecule is COc1cccc2oc(=O)c(Cc3ccccc3)c(OC(=O)c3cccc(C)c3)c12. The smallest absolute Gasteiger partial charge is 0.343 e. The monoisotopic (exact) mass is 400 g/mol. The molecule has 0 amide bonds. The van der Waals surface area contributed by atoms with E-state index in [1.54, 1.807) is 36.4 Å². The van der Waals surface area contributed by atoms with Gasteiger partial charge in [0.25, 0.3) is 0 Å². The molecule has 1 aromatic heterocycles. The topological polar surface area (TPSA) is 65.7 Å². The molecule has 0 aliphatic rings. The summed E-state index contributed by atoms with van der Waals surface area (Å²) in [5.74, 6) is 0.0671. The lowest BCUT2D eigenvalue weighted by atomic mass is 10.0. The first-order valence-corrected chi connectivity index (χ1v) is 9.52. The molecule has 0 aliphatic heterocycles. The van der Waals surface area contributed by atoms with E-state index >= 15 is 0 Å². The molecule has 0 N–H and O–H groups in total. The third-order valence-electron chi connectivity index (χ3n) is 4.83. The molecule has 5 nitrogen and oxygen atoms in total. The molecular formula is C25H20O5. The van der Waals surface area contributed by atoms with Crippen molar-refractivity contribution in [2.75, 3.05) is 7.11 Å². The Morgan fingerprint density at radius 2 is 1.73 bits per heavy atom. The second-order valence-electron chi connectivity index (χ2n) is 6.95. The van der Waals surface area contributed by atoms with Gasteiger partial charge < -0.3 is 13.9 Å². The quantitative estimate of drug-likeness (QED) is 0.351. The van der Waals surface area contributed by atoms with Crippen LogP contribution >= 0.6 is 0 Å². The van der Waals surface area contributed by atoms with Crippen molar-refractivity contribution >= 4 is 16.9 Å². The zero-order valence-electron chi connectivity index (χ0n) is 16.7. The number of esters is 1. The zero-order chi connectivity index (χ0) is 21.1. The molecule has 150 valence electrons. The number of fused-ring (bicyclic) bond motifs is 1. The molecule has 5 heteroatoms. The minimum absolute atomic E-state index is 0.161. The summed E-state index contributed by atoms with van der Waals surface area (Å²) in [5, 5.41) is 0.450. The Labute approximate surface area is 173 Å². The highest BCUT2D eigenvalue weighted by Crippen LogP contribution is 2.36. The van der Waals surface area contributed by atoms with Gasteiger partial charge in [0.1, 0.15) is 16.7 Å². The molecular weight excluding hydrogens is 380 g/mol. The molecule has 0 saturated heterocycles. The van der Waals surface area contributed by atoms with Crippen molar-refractivity contribution < 1.29 is 18.7 Å². The first-order chi connectivity index (χ1) is 14.6. The predicted octanol–water partition coefficient (Wildman–Crippen LogP) is 4.92. The Morgan fingerprint density at radius 1 is 0.967 bits per heavy atom. The standard InChI is InChI=1S/C25H20O5/c1-16-8-6-11-18(14-16)24(26)30-23-19(15-17-9-4-3-5-10-17)25(27)29-21-13-7-12-20(28-2)22(21)23/h3-14H,15H2,1-2H3. The van der Waals surface area contributed by atoms with Crippen molar-refractivity contribution in [2.45, 2.75) is 13.3 Å². The molecule has 1 heterocycles. The first-order valence-electron chi connectivity index (χ1n) is 9.52. The maximum Gasteiger partial charge on any atom is 0.343 e. The maximum absolute atomic E-state index is 12.9. The molecule has 3 aromatic carbocycles. The molecule has 4 aromatic rings. The van der Waals surface area contributed by atoms with E-state index in [1.807, 2.05) is 43.3 Å². The van der Waals surface area contributed by atoms with Gasteiger partial charge in [-0.25, -0.2) is 9.59 Å². The van der Waals surface area contributed by atoms with Crippen LogP contribution in [-0.2, 0) is 6.42 Å². The number of hydrogen-bond donors (Lipinski definition) is 0. The fourth-order valence-electron chi connectivity index (χ4n) is 3.38. The van der Waals surface area contributed by atoms with Crippen LogP contribution in [0.3, 0.4) is 0 Å². The number of carbonyl (C=O) groups is 1. The van der Waals surface area contributed by atoms with E-state index in [0.29, 0.717) is 22.3 Å². The summed E-state index contributed by atoms with van der Waals surface area (Å²) >= 11 is 0. The fraction of sp³-hybridized carbons (Fsp3) is 0.120. The van der Waals surface area contributed by atoms with E-state index < -0.39 is 11.6 Å². The van der Waals surface area contributed by atoms with Crippen LogP contribution in [-0.4, -0.2) is 13.1 Å². The highest BCUT2D eigenvalue weighted by Gasteiger charge is 2.22. The van der Waals surface area contributed by atoms with Gasteiger partial charge in [-0.15, -0.1) is 0 Å². The largest absolute Gasteiger partial charge is 0.496 e.